The van der Waals surface area contributed by atoms with Crippen LogP contribution in [0.1, 0.15) is 19.4 Å². The topological polar surface area (TPSA) is 92.9 Å². The number of aliphatic imine (C=N–C) groups is 1. The van der Waals surface area contributed by atoms with Crippen molar-refractivity contribution in [2.24, 2.45) is 4.99 Å². The number of nitriles is 1. The predicted molar refractivity (Wildman–Crippen MR) is 152 cm³/mol. The van der Waals surface area contributed by atoms with Gasteiger partial charge >= 0.3 is 0 Å². The van der Waals surface area contributed by atoms with E-state index >= 15 is 0 Å². The Morgan fingerprint density at radius 2 is 1.64 bits per heavy atom. The van der Waals surface area contributed by atoms with E-state index in [2.05, 4.69) is 15.0 Å². The van der Waals surface area contributed by atoms with Crippen LogP contribution in [0.5, 0.6) is 23.1 Å². The normalized spacial score (nSPS) is 11.3. The predicted octanol–water partition coefficient (Wildman–Crippen LogP) is 6.79. The van der Waals surface area contributed by atoms with Crippen molar-refractivity contribution in [1.29, 1.82) is 5.26 Å². The van der Waals surface area contributed by atoms with Gasteiger partial charge in [0.2, 0.25) is 12.1 Å². The number of aromatic nitrogens is 2. The van der Waals surface area contributed by atoms with Crippen LogP contribution in [0, 0.1) is 11.5 Å². The highest BCUT2D eigenvalue weighted by Crippen LogP contribution is 2.23. The second-order valence-corrected chi connectivity index (χ2v) is 8.79. The van der Waals surface area contributed by atoms with Gasteiger partial charge in [-0.25, -0.2) is 9.97 Å². The fourth-order valence-corrected chi connectivity index (χ4v) is 3.26. The number of benzene rings is 2. The van der Waals surface area contributed by atoms with Crippen LogP contribution < -0.4 is 14.2 Å². The second-order valence-electron chi connectivity index (χ2n) is 8.40. The van der Waals surface area contributed by atoms with Crippen molar-refractivity contribution in [3.05, 3.63) is 108 Å². The van der Waals surface area contributed by atoms with Gasteiger partial charge < -0.3 is 19.1 Å². The lowest BCUT2D eigenvalue weighted by atomic mass is 10.3. The van der Waals surface area contributed by atoms with E-state index < -0.39 is 0 Å². The Bertz CT molecular complexity index is 1330. The Morgan fingerprint density at radius 3 is 2.28 bits per heavy atom. The summed E-state index contributed by atoms with van der Waals surface area (Å²) in [5.74, 6) is 3.62. The van der Waals surface area contributed by atoms with Crippen LogP contribution in [-0.2, 0) is 6.54 Å². The smallest absolute Gasteiger partial charge is 0.213 e. The van der Waals surface area contributed by atoms with Gasteiger partial charge in [0.1, 0.15) is 40.9 Å². The molecular weight excluding hydrogens is 514 g/mol. The van der Waals surface area contributed by atoms with Crippen molar-refractivity contribution in [1.82, 2.24) is 14.9 Å². The van der Waals surface area contributed by atoms with E-state index in [0.717, 1.165) is 22.8 Å². The minimum absolute atomic E-state index is 0.0971. The molecule has 0 amide bonds. The summed E-state index contributed by atoms with van der Waals surface area (Å²) in [6.45, 7) is 4.82. The third-order valence-electron chi connectivity index (χ3n) is 5.22. The lowest BCUT2D eigenvalue weighted by Gasteiger charge is -2.17. The molecule has 0 aliphatic rings. The van der Waals surface area contributed by atoms with E-state index in [9.17, 15) is 0 Å². The number of hydrogen-bond donors (Lipinski definition) is 0. The molecule has 0 bridgehead atoms. The minimum atomic E-state index is -0.0971. The first kappa shape index (κ1) is 29.0. The molecule has 2 aromatic carbocycles. The Morgan fingerprint density at radius 1 is 0.949 bits per heavy atom. The monoisotopic (exact) mass is 543 g/mol. The number of amidine groups is 1. The molecule has 1 atom stereocenters. The third kappa shape index (κ3) is 10.7. The average molecular weight is 544 g/mol. The van der Waals surface area contributed by atoms with Crippen molar-refractivity contribution >= 4 is 17.4 Å². The summed E-state index contributed by atoms with van der Waals surface area (Å²) >= 11 is 5.67. The quantitative estimate of drug-likeness (QED) is 0.0993. The Hall–Kier alpha value is -4.61. The van der Waals surface area contributed by atoms with Gasteiger partial charge in [-0.1, -0.05) is 41.9 Å². The standard InChI is InChI=1S/C20H19NO3.C10H11ClN4/c1-16(23-20-9-5-6-14-21-20)15-22-17-10-12-19(13-11-17)24-18-7-3-2-4-8-18;1-8(14-7-12)15(2)6-9-3-4-10(11)13-5-9/h2-14,16H,15H2,1H3;3-5H,6H2,1-2H3/b;14-8+. The molecule has 2 heterocycles. The van der Waals surface area contributed by atoms with Crippen LogP contribution in [0.2, 0.25) is 5.15 Å². The van der Waals surface area contributed by atoms with Crippen LogP contribution >= 0.6 is 11.6 Å². The number of para-hydroxylation sites is 1. The zero-order valence-electron chi connectivity index (χ0n) is 22.1. The van der Waals surface area contributed by atoms with E-state index in [1.165, 1.54) is 0 Å². The van der Waals surface area contributed by atoms with Crippen LogP contribution in [-0.4, -0.2) is 40.5 Å². The molecule has 0 fully saturated rings. The third-order valence-corrected chi connectivity index (χ3v) is 5.44. The van der Waals surface area contributed by atoms with Gasteiger partial charge in [-0.15, -0.1) is 0 Å². The van der Waals surface area contributed by atoms with Crippen LogP contribution in [0.15, 0.2) is 102 Å². The largest absolute Gasteiger partial charge is 0.490 e. The maximum atomic E-state index is 8.39. The summed E-state index contributed by atoms with van der Waals surface area (Å²) in [6, 6.07) is 26.4. The number of pyridine rings is 2. The molecule has 200 valence electrons. The molecule has 0 aliphatic carbocycles. The number of halogens is 1. The highest BCUT2D eigenvalue weighted by Gasteiger charge is 2.06. The van der Waals surface area contributed by atoms with Crippen molar-refractivity contribution in [3.8, 4) is 29.3 Å². The van der Waals surface area contributed by atoms with E-state index in [4.69, 9.17) is 31.1 Å². The van der Waals surface area contributed by atoms with Gasteiger partial charge in [0, 0.05) is 32.1 Å². The molecule has 0 N–H and O–H groups in total. The summed E-state index contributed by atoms with van der Waals surface area (Å²) in [5, 5.41) is 8.87. The summed E-state index contributed by atoms with van der Waals surface area (Å²) in [6.07, 6.45) is 5.07. The van der Waals surface area contributed by atoms with Crippen LogP contribution in [0.4, 0.5) is 0 Å². The molecule has 4 aromatic rings. The molecular formula is C30H30ClN5O3. The van der Waals surface area contributed by atoms with Crippen molar-refractivity contribution in [2.45, 2.75) is 26.5 Å². The van der Waals surface area contributed by atoms with E-state index in [0.29, 0.717) is 30.0 Å². The number of nitrogens with zero attached hydrogens (tertiary/aromatic N) is 5. The molecule has 8 nitrogen and oxygen atoms in total. The molecule has 2 aromatic heterocycles. The Kier molecular flexibility index (Phi) is 11.6. The van der Waals surface area contributed by atoms with Gasteiger partial charge in [0.15, 0.2) is 0 Å². The van der Waals surface area contributed by atoms with E-state index in [1.54, 1.807) is 31.6 Å². The average Bonchev–Trinajstić information content (AvgIpc) is 2.95. The first-order chi connectivity index (χ1) is 18.9. The molecule has 1 unspecified atom stereocenters. The highest BCUT2D eigenvalue weighted by molar-refractivity contribution is 6.29. The van der Waals surface area contributed by atoms with Crippen LogP contribution in [0.3, 0.4) is 0 Å². The Labute approximate surface area is 234 Å². The van der Waals surface area contributed by atoms with Gasteiger partial charge in [-0.05, 0) is 67.9 Å². The van der Waals surface area contributed by atoms with E-state index in [1.807, 2.05) is 97.7 Å². The molecule has 0 radical (unpaired) electrons. The van der Waals surface area contributed by atoms with Crippen molar-refractivity contribution < 1.29 is 14.2 Å². The summed E-state index contributed by atoms with van der Waals surface area (Å²) in [5.41, 5.74) is 1.02. The maximum absolute atomic E-state index is 8.39. The number of rotatable bonds is 9. The summed E-state index contributed by atoms with van der Waals surface area (Å²) in [4.78, 5) is 13.6. The fraction of sp³-hybridized carbons (Fsp3) is 0.200. The second kappa shape index (κ2) is 15.6. The molecule has 0 spiro atoms. The molecule has 0 saturated heterocycles. The van der Waals surface area contributed by atoms with Gasteiger partial charge in [-0.2, -0.15) is 10.3 Å². The van der Waals surface area contributed by atoms with Crippen molar-refractivity contribution in [2.75, 3.05) is 13.7 Å². The molecule has 9 heteroatoms. The summed E-state index contributed by atoms with van der Waals surface area (Å²) in [7, 11) is 1.87. The lowest BCUT2D eigenvalue weighted by Crippen LogP contribution is -2.23. The Balaban J connectivity index is 0.000000242. The zero-order chi connectivity index (χ0) is 27.9. The van der Waals surface area contributed by atoms with Gasteiger partial charge in [0.25, 0.3) is 0 Å². The molecule has 0 aliphatic heterocycles. The maximum Gasteiger partial charge on any atom is 0.213 e. The molecule has 4 rings (SSSR count). The van der Waals surface area contributed by atoms with Crippen molar-refractivity contribution in [3.63, 3.8) is 0 Å². The molecule has 0 saturated carbocycles. The van der Waals surface area contributed by atoms with Gasteiger partial charge in [-0.3, -0.25) is 0 Å². The number of hydrogen-bond acceptors (Lipinski definition) is 7. The number of ether oxygens (including phenoxy) is 3. The summed E-state index contributed by atoms with van der Waals surface area (Å²) < 4.78 is 17.2. The highest BCUT2D eigenvalue weighted by atomic mass is 35.5. The fourth-order valence-electron chi connectivity index (χ4n) is 3.15. The molecule has 39 heavy (non-hydrogen) atoms. The van der Waals surface area contributed by atoms with Gasteiger partial charge in [0.05, 0.1) is 0 Å². The first-order valence-corrected chi connectivity index (χ1v) is 12.6. The van der Waals surface area contributed by atoms with E-state index in [-0.39, 0.29) is 6.10 Å². The zero-order valence-corrected chi connectivity index (χ0v) is 22.8. The first-order valence-electron chi connectivity index (χ1n) is 12.2. The van der Waals surface area contributed by atoms with Crippen LogP contribution in [0.25, 0.3) is 0 Å². The lowest BCUT2D eigenvalue weighted by molar-refractivity contribution is 0.138. The SMILES string of the molecule is C/C(=N\C#N)N(C)Cc1ccc(Cl)nc1.CC(COc1ccc(Oc2ccccc2)cc1)Oc1ccccn1. The minimum Gasteiger partial charge on any atom is -0.490 e.